The Morgan fingerprint density at radius 1 is 0.815 bits per heavy atom. The molecular weight excluding hydrogens is 374 g/mol. The zero-order valence-electron chi connectivity index (χ0n) is 14.5. The molecule has 9 heteroatoms. The second-order valence-electron chi connectivity index (χ2n) is 5.39. The molecule has 3 N–H and O–H groups in total. The molecule has 4 amide bonds. The normalized spacial score (nSPS) is 9.85. The number of hydrogen-bond donors (Lipinski definition) is 3. The molecule has 0 saturated carbocycles. The van der Waals surface area contributed by atoms with E-state index in [1.54, 1.807) is 36.4 Å². The molecule has 0 fully saturated rings. The van der Waals surface area contributed by atoms with Crippen LogP contribution >= 0.6 is 11.6 Å². The highest BCUT2D eigenvalue weighted by atomic mass is 35.5. The summed E-state index contributed by atoms with van der Waals surface area (Å²) in [5, 5.41) is 2.54. The van der Waals surface area contributed by atoms with Crippen LogP contribution in [-0.2, 0) is 9.59 Å². The summed E-state index contributed by atoms with van der Waals surface area (Å²) in [4.78, 5) is 34.8. The first kappa shape index (κ1) is 20.1. The van der Waals surface area contributed by atoms with Gasteiger partial charge in [0.25, 0.3) is 11.8 Å². The molecule has 0 aliphatic heterocycles. The highest BCUT2D eigenvalue weighted by Crippen LogP contribution is 2.15. The largest absolute Gasteiger partial charge is 0.484 e. The van der Waals surface area contributed by atoms with Gasteiger partial charge in [-0.05, 0) is 43.3 Å². The summed E-state index contributed by atoms with van der Waals surface area (Å²) in [7, 11) is 0. The topological polar surface area (TPSA) is 106 Å². The van der Waals surface area contributed by atoms with Crippen LogP contribution in [0.2, 0.25) is 5.02 Å². The Kier molecular flexibility index (Phi) is 7.45. The van der Waals surface area contributed by atoms with Gasteiger partial charge < -0.3 is 9.47 Å². The number of carbonyl (C=O) groups excluding carboxylic acids is 3. The zero-order chi connectivity index (χ0) is 19.6. The number of ether oxygens (including phenoxy) is 2. The van der Waals surface area contributed by atoms with Gasteiger partial charge in [0.15, 0.2) is 13.2 Å². The lowest BCUT2D eigenvalue weighted by atomic mass is 10.2. The molecule has 27 heavy (non-hydrogen) atoms. The maximum atomic E-state index is 11.6. The molecule has 0 aromatic heterocycles. The van der Waals surface area contributed by atoms with Crippen LogP contribution in [0.5, 0.6) is 11.5 Å². The molecule has 0 bridgehead atoms. The van der Waals surface area contributed by atoms with Gasteiger partial charge in [-0.15, -0.1) is 0 Å². The first-order valence-corrected chi connectivity index (χ1v) is 8.26. The Balaban J connectivity index is 1.62. The molecule has 2 rings (SSSR count). The van der Waals surface area contributed by atoms with Gasteiger partial charge in [-0.2, -0.15) is 0 Å². The van der Waals surface area contributed by atoms with Crippen molar-refractivity contribution in [2.24, 2.45) is 0 Å². The van der Waals surface area contributed by atoms with Gasteiger partial charge in [-0.25, -0.2) is 10.2 Å². The van der Waals surface area contributed by atoms with Crippen molar-refractivity contribution < 1.29 is 23.9 Å². The maximum Gasteiger partial charge on any atom is 0.340 e. The lowest BCUT2D eigenvalue weighted by Gasteiger charge is -2.10. The van der Waals surface area contributed by atoms with Crippen LogP contribution in [0.3, 0.4) is 0 Å². The van der Waals surface area contributed by atoms with E-state index >= 15 is 0 Å². The second kappa shape index (κ2) is 10.0. The predicted octanol–water partition coefficient (Wildman–Crippen LogP) is 1.96. The molecule has 8 nitrogen and oxygen atoms in total. The molecule has 2 aromatic rings. The van der Waals surface area contributed by atoms with E-state index in [0.29, 0.717) is 16.5 Å². The molecule has 0 saturated heterocycles. The summed E-state index contributed by atoms with van der Waals surface area (Å²) < 4.78 is 10.4. The summed E-state index contributed by atoms with van der Waals surface area (Å²) >= 11 is 5.74. The van der Waals surface area contributed by atoms with Gasteiger partial charge in [0.1, 0.15) is 11.5 Å². The van der Waals surface area contributed by atoms with E-state index in [0.717, 1.165) is 5.56 Å². The number of hydrazine groups is 1. The second-order valence-corrected chi connectivity index (χ2v) is 5.83. The van der Waals surface area contributed by atoms with Crippen molar-refractivity contribution in [1.82, 2.24) is 16.2 Å². The predicted molar refractivity (Wildman–Crippen MR) is 98.4 cm³/mol. The summed E-state index contributed by atoms with van der Waals surface area (Å²) in [5.74, 6) is -0.325. The third-order valence-electron chi connectivity index (χ3n) is 3.14. The van der Waals surface area contributed by atoms with Crippen LogP contribution in [0.15, 0.2) is 48.5 Å². The molecule has 0 aliphatic rings. The van der Waals surface area contributed by atoms with E-state index in [1.165, 1.54) is 0 Å². The molecule has 0 heterocycles. The average molecular weight is 392 g/mol. The Hall–Kier alpha value is -3.26. The number of carbonyl (C=O) groups is 3. The number of hydrogen-bond acceptors (Lipinski definition) is 5. The molecule has 0 spiro atoms. The molecule has 0 atom stereocenters. The lowest BCUT2D eigenvalue weighted by molar-refractivity contribution is -0.124. The lowest BCUT2D eigenvalue weighted by Crippen LogP contribution is -2.50. The fraction of sp³-hybridized carbons (Fsp3) is 0.167. The number of amides is 4. The average Bonchev–Trinajstić information content (AvgIpc) is 2.65. The van der Waals surface area contributed by atoms with Crippen molar-refractivity contribution >= 4 is 29.4 Å². The Morgan fingerprint density at radius 3 is 1.93 bits per heavy atom. The maximum absolute atomic E-state index is 11.6. The van der Waals surface area contributed by atoms with Gasteiger partial charge in [0.2, 0.25) is 0 Å². The fourth-order valence-electron chi connectivity index (χ4n) is 1.82. The number of urea groups is 1. The van der Waals surface area contributed by atoms with E-state index in [4.69, 9.17) is 21.1 Å². The molecule has 0 radical (unpaired) electrons. The van der Waals surface area contributed by atoms with Gasteiger partial charge in [0, 0.05) is 5.02 Å². The zero-order valence-corrected chi connectivity index (χ0v) is 15.2. The number of imide groups is 1. The third-order valence-corrected chi connectivity index (χ3v) is 3.39. The number of benzene rings is 2. The molecular formula is C18H18ClN3O5. The van der Waals surface area contributed by atoms with Gasteiger partial charge in [-0.1, -0.05) is 29.3 Å². The highest BCUT2D eigenvalue weighted by molar-refractivity contribution is 6.30. The van der Waals surface area contributed by atoms with Crippen molar-refractivity contribution in [1.29, 1.82) is 0 Å². The van der Waals surface area contributed by atoms with Crippen molar-refractivity contribution in [2.75, 3.05) is 13.2 Å². The minimum Gasteiger partial charge on any atom is -0.484 e. The quantitative estimate of drug-likeness (QED) is 0.653. The van der Waals surface area contributed by atoms with E-state index in [1.807, 2.05) is 29.8 Å². The first-order valence-electron chi connectivity index (χ1n) is 7.89. The van der Waals surface area contributed by atoms with E-state index < -0.39 is 17.8 Å². The number of halogens is 1. The van der Waals surface area contributed by atoms with Crippen LogP contribution < -0.4 is 25.6 Å². The van der Waals surface area contributed by atoms with Crippen molar-refractivity contribution in [3.8, 4) is 11.5 Å². The standard InChI is InChI=1S/C18H18ClN3O5/c1-12-2-6-14(7-3-12)27-11-17(24)21-22-18(25)20-16(23)10-26-15-8-4-13(19)5-9-15/h2-9H,10-11H2,1H3,(H,21,24)(H2,20,22,23,25). The Bertz CT molecular complexity index is 794. The van der Waals surface area contributed by atoms with Crippen LogP contribution in [0.25, 0.3) is 0 Å². The summed E-state index contributed by atoms with van der Waals surface area (Å²) in [5.41, 5.74) is 5.22. The van der Waals surface area contributed by atoms with Crippen LogP contribution in [0, 0.1) is 6.92 Å². The first-order chi connectivity index (χ1) is 12.9. The minimum atomic E-state index is -0.900. The van der Waals surface area contributed by atoms with Gasteiger partial charge in [0.05, 0.1) is 0 Å². The summed E-state index contributed by atoms with van der Waals surface area (Å²) in [6.45, 7) is 1.26. The molecule has 0 aliphatic carbocycles. The Morgan fingerprint density at radius 2 is 1.33 bits per heavy atom. The van der Waals surface area contributed by atoms with Crippen LogP contribution in [0.4, 0.5) is 4.79 Å². The van der Waals surface area contributed by atoms with Crippen molar-refractivity contribution in [3.05, 3.63) is 59.1 Å². The number of aryl methyl sites for hydroxylation is 1. The van der Waals surface area contributed by atoms with Gasteiger partial charge >= 0.3 is 6.03 Å². The third kappa shape index (κ3) is 7.66. The SMILES string of the molecule is Cc1ccc(OCC(=O)NNC(=O)NC(=O)COc2ccc(Cl)cc2)cc1. The number of nitrogens with one attached hydrogen (secondary N) is 3. The Labute approximate surface area is 160 Å². The van der Waals surface area contributed by atoms with Crippen molar-refractivity contribution in [2.45, 2.75) is 6.92 Å². The molecule has 142 valence electrons. The van der Waals surface area contributed by atoms with Crippen LogP contribution in [-0.4, -0.2) is 31.1 Å². The smallest absolute Gasteiger partial charge is 0.340 e. The van der Waals surface area contributed by atoms with Gasteiger partial charge in [-0.3, -0.25) is 20.3 Å². The number of rotatable bonds is 6. The van der Waals surface area contributed by atoms with E-state index in [9.17, 15) is 14.4 Å². The minimum absolute atomic E-state index is 0.295. The monoisotopic (exact) mass is 391 g/mol. The van der Waals surface area contributed by atoms with Crippen molar-refractivity contribution in [3.63, 3.8) is 0 Å². The highest BCUT2D eigenvalue weighted by Gasteiger charge is 2.10. The fourth-order valence-corrected chi connectivity index (χ4v) is 1.95. The molecule has 0 unspecified atom stereocenters. The van der Waals surface area contributed by atoms with E-state index in [2.05, 4.69) is 5.43 Å². The molecule has 2 aromatic carbocycles. The summed E-state index contributed by atoms with van der Waals surface area (Å²) in [6, 6.07) is 12.6. The van der Waals surface area contributed by atoms with Crippen LogP contribution in [0.1, 0.15) is 5.56 Å². The van der Waals surface area contributed by atoms with E-state index in [-0.39, 0.29) is 13.2 Å². The summed E-state index contributed by atoms with van der Waals surface area (Å²) in [6.07, 6.45) is 0.